The van der Waals surface area contributed by atoms with E-state index in [2.05, 4.69) is 52.5 Å². The number of methoxy groups -OCH3 is 1. The molecule has 0 bridgehead atoms. The average Bonchev–Trinajstić information content (AvgIpc) is 2.82. The predicted molar refractivity (Wildman–Crippen MR) is 141 cm³/mol. The van der Waals surface area contributed by atoms with E-state index in [1.54, 1.807) is 11.8 Å². The first-order valence-electron chi connectivity index (χ1n) is 12.2. The van der Waals surface area contributed by atoms with Crippen molar-refractivity contribution in [2.24, 2.45) is 0 Å². The van der Waals surface area contributed by atoms with Gasteiger partial charge in [0, 0.05) is 9.37 Å². The Labute approximate surface area is 207 Å². The molecular weight excluding hydrogens is 480 g/mol. The number of carbonyl (C=O) groups excluding carboxylic acids is 1. The van der Waals surface area contributed by atoms with Crippen molar-refractivity contribution in [1.82, 2.24) is 0 Å². The van der Waals surface area contributed by atoms with Gasteiger partial charge in [0.2, 0.25) is 0 Å². The normalized spacial score (nSPS) is 16.5. The van der Waals surface area contributed by atoms with Crippen LogP contribution in [0.25, 0.3) is 11.1 Å². The fraction of sp³-hybridized carbons (Fsp3) is 0.536. The smallest absolute Gasteiger partial charge is 0.339 e. The third kappa shape index (κ3) is 6.87. The Bertz CT molecular complexity index is 876. The van der Waals surface area contributed by atoms with Gasteiger partial charge in [0.05, 0.1) is 12.7 Å². The van der Waals surface area contributed by atoms with Gasteiger partial charge in [-0.1, -0.05) is 85.9 Å². The van der Waals surface area contributed by atoms with Crippen molar-refractivity contribution < 1.29 is 9.53 Å². The number of esters is 1. The molecule has 2 aromatic carbocycles. The van der Waals surface area contributed by atoms with Crippen LogP contribution in [0.5, 0.6) is 0 Å². The van der Waals surface area contributed by atoms with E-state index in [1.165, 1.54) is 93.6 Å². The lowest BCUT2D eigenvalue weighted by molar-refractivity contribution is 0.0595. The third-order valence-corrected chi connectivity index (χ3v) is 7.92. The molecule has 0 aliphatic heterocycles. The predicted octanol–water partition coefficient (Wildman–Crippen LogP) is 9.01. The van der Waals surface area contributed by atoms with Gasteiger partial charge in [0.15, 0.2) is 0 Å². The van der Waals surface area contributed by atoms with E-state index in [0.717, 1.165) is 34.2 Å². The van der Waals surface area contributed by atoms with Gasteiger partial charge < -0.3 is 4.74 Å². The maximum Gasteiger partial charge on any atom is 0.339 e. The van der Waals surface area contributed by atoms with Gasteiger partial charge in [0.1, 0.15) is 0 Å². The zero-order chi connectivity index (χ0) is 22.8. The Balaban J connectivity index is 2.09. The van der Waals surface area contributed by atoms with Crippen LogP contribution >= 0.6 is 27.7 Å². The van der Waals surface area contributed by atoms with Crippen molar-refractivity contribution >= 4 is 33.7 Å². The molecule has 32 heavy (non-hydrogen) atoms. The molecule has 0 amide bonds. The lowest BCUT2D eigenvalue weighted by Gasteiger charge is -2.21. The second-order valence-corrected chi connectivity index (χ2v) is 10.6. The Morgan fingerprint density at radius 2 is 1.31 bits per heavy atom. The minimum atomic E-state index is -0.189. The average molecular weight is 518 g/mol. The summed E-state index contributed by atoms with van der Waals surface area (Å²) >= 11 is 5.23. The summed E-state index contributed by atoms with van der Waals surface area (Å²) in [7, 11) is 1.51. The Morgan fingerprint density at radius 3 is 1.81 bits per heavy atom. The first-order valence-corrected chi connectivity index (χ1v) is 14.2. The topological polar surface area (TPSA) is 26.3 Å². The summed E-state index contributed by atoms with van der Waals surface area (Å²) in [6.45, 7) is 0. The number of carbonyl (C=O) groups is 1. The summed E-state index contributed by atoms with van der Waals surface area (Å²) in [6.07, 6.45) is 18.3. The summed E-state index contributed by atoms with van der Waals surface area (Å²) in [5.74, 6) is -0.189. The summed E-state index contributed by atoms with van der Waals surface area (Å²) < 4.78 is 6.36. The van der Waals surface area contributed by atoms with Crippen molar-refractivity contribution in [3.8, 4) is 11.1 Å². The number of hydrogen-bond donors (Lipinski definition) is 0. The molecule has 4 heteroatoms. The second-order valence-electron chi connectivity index (χ2n) is 8.85. The van der Waals surface area contributed by atoms with Crippen LogP contribution in [0.3, 0.4) is 0 Å². The van der Waals surface area contributed by atoms with Crippen LogP contribution < -0.4 is 0 Å². The summed E-state index contributed by atoms with van der Waals surface area (Å²) in [5.41, 5.74) is 5.92. The molecule has 3 rings (SSSR count). The van der Waals surface area contributed by atoms with Crippen LogP contribution in [0.4, 0.5) is 0 Å². The maximum absolute atomic E-state index is 12.9. The largest absolute Gasteiger partial charge is 0.465 e. The fourth-order valence-corrected chi connectivity index (χ4v) is 5.79. The highest BCUT2D eigenvalue weighted by Gasteiger charge is 2.23. The van der Waals surface area contributed by atoms with Crippen LogP contribution in [-0.2, 0) is 17.6 Å². The molecule has 0 atom stereocenters. The molecule has 0 unspecified atom stereocenters. The van der Waals surface area contributed by atoms with Crippen molar-refractivity contribution in [3.63, 3.8) is 0 Å². The Kier molecular flexibility index (Phi) is 10.7. The molecule has 1 aliphatic carbocycles. The SMILES string of the molecule is COC(=O)c1c(SC)cc(-c2ccc(Br)cc2)c2c1CCCCCCCCCCCCC2. The number of rotatable bonds is 3. The fourth-order valence-electron chi connectivity index (χ4n) is 4.88. The monoisotopic (exact) mass is 516 g/mol. The Hall–Kier alpha value is -1.26. The van der Waals surface area contributed by atoms with Crippen LogP contribution in [0.1, 0.15) is 92.1 Å². The minimum Gasteiger partial charge on any atom is -0.465 e. The number of thioether (sulfide) groups is 1. The number of fused-ring (bicyclic) bond motifs is 1. The molecular formula is C28H37BrO2S. The van der Waals surface area contributed by atoms with Gasteiger partial charge in [-0.2, -0.15) is 0 Å². The molecule has 2 nitrogen and oxygen atoms in total. The lowest BCUT2D eigenvalue weighted by atomic mass is 9.86. The van der Waals surface area contributed by atoms with Gasteiger partial charge in [-0.3, -0.25) is 0 Å². The molecule has 0 saturated heterocycles. The molecule has 0 N–H and O–H groups in total. The van der Waals surface area contributed by atoms with Gasteiger partial charge in [0.25, 0.3) is 0 Å². The van der Waals surface area contributed by atoms with Crippen molar-refractivity contribution in [2.45, 2.75) is 88.4 Å². The third-order valence-electron chi connectivity index (χ3n) is 6.63. The van der Waals surface area contributed by atoms with E-state index in [4.69, 9.17) is 4.74 Å². The summed E-state index contributed by atoms with van der Waals surface area (Å²) in [5, 5.41) is 0. The van der Waals surface area contributed by atoms with Gasteiger partial charge >= 0.3 is 5.97 Å². The zero-order valence-electron chi connectivity index (χ0n) is 19.7. The number of ether oxygens (including phenoxy) is 1. The lowest BCUT2D eigenvalue weighted by Crippen LogP contribution is -2.12. The highest BCUT2D eigenvalue weighted by Crippen LogP contribution is 2.38. The summed E-state index contributed by atoms with van der Waals surface area (Å²) in [6, 6.07) is 10.8. The highest BCUT2D eigenvalue weighted by molar-refractivity contribution is 9.10. The molecule has 0 fully saturated rings. The Morgan fingerprint density at radius 1 is 0.812 bits per heavy atom. The molecule has 174 valence electrons. The van der Waals surface area contributed by atoms with E-state index in [1.807, 2.05) is 0 Å². The van der Waals surface area contributed by atoms with Gasteiger partial charge in [-0.05, 0) is 72.4 Å². The molecule has 1 aliphatic rings. The maximum atomic E-state index is 12.9. The molecule has 0 heterocycles. The first kappa shape index (κ1) is 25.4. The molecule has 0 radical (unpaired) electrons. The minimum absolute atomic E-state index is 0.189. The number of benzene rings is 2. The quantitative estimate of drug-likeness (QED) is 0.300. The van der Waals surface area contributed by atoms with E-state index in [9.17, 15) is 4.79 Å². The zero-order valence-corrected chi connectivity index (χ0v) is 22.1. The number of hydrogen-bond acceptors (Lipinski definition) is 3. The van der Waals surface area contributed by atoms with Crippen LogP contribution in [0.2, 0.25) is 0 Å². The number of halogens is 1. The van der Waals surface area contributed by atoms with Crippen molar-refractivity contribution in [2.75, 3.05) is 13.4 Å². The van der Waals surface area contributed by atoms with E-state index >= 15 is 0 Å². The molecule has 0 aromatic heterocycles. The van der Waals surface area contributed by atoms with Gasteiger partial charge in [-0.15, -0.1) is 11.8 Å². The standard InChI is InChI=1S/C28H37BrO2S/c1-31-28(30)27-24-15-13-11-9-7-5-3-4-6-8-10-12-14-23(24)25(20-26(27)32-2)21-16-18-22(29)19-17-21/h16-20H,3-15H2,1-2H3. The molecule has 0 spiro atoms. The highest BCUT2D eigenvalue weighted by atomic mass is 79.9. The van der Waals surface area contributed by atoms with E-state index in [-0.39, 0.29) is 5.97 Å². The van der Waals surface area contributed by atoms with E-state index in [0.29, 0.717) is 0 Å². The van der Waals surface area contributed by atoms with Gasteiger partial charge in [-0.25, -0.2) is 4.79 Å². The summed E-state index contributed by atoms with van der Waals surface area (Å²) in [4.78, 5) is 14.0. The van der Waals surface area contributed by atoms with Crippen LogP contribution in [-0.4, -0.2) is 19.3 Å². The molecule has 0 saturated carbocycles. The molecule has 2 aromatic rings. The van der Waals surface area contributed by atoms with Crippen LogP contribution in [0, 0.1) is 0 Å². The van der Waals surface area contributed by atoms with E-state index < -0.39 is 0 Å². The second kappa shape index (κ2) is 13.4. The van der Waals surface area contributed by atoms with Crippen molar-refractivity contribution in [3.05, 3.63) is 51.5 Å². The first-order chi connectivity index (χ1) is 15.7. The van der Waals surface area contributed by atoms with Crippen molar-refractivity contribution in [1.29, 1.82) is 0 Å². The van der Waals surface area contributed by atoms with Crippen LogP contribution in [0.15, 0.2) is 39.7 Å².